The summed E-state index contributed by atoms with van der Waals surface area (Å²) >= 11 is 3.30. The average molecular weight is 460 g/mol. The van der Waals surface area contributed by atoms with Crippen LogP contribution >= 0.6 is 46.7 Å². The summed E-state index contributed by atoms with van der Waals surface area (Å²) in [6.45, 7) is 1.32. The predicted octanol–water partition coefficient (Wildman–Crippen LogP) is 3.95. The van der Waals surface area contributed by atoms with Crippen molar-refractivity contribution in [2.24, 2.45) is 4.99 Å². The third-order valence-corrected chi connectivity index (χ3v) is 4.57. The lowest BCUT2D eigenvalue weighted by Gasteiger charge is -2.09. The molecule has 0 aliphatic heterocycles. The van der Waals surface area contributed by atoms with Crippen molar-refractivity contribution in [2.45, 2.75) is 13.1 Å². The summed E-state index contributed by atoms with van der Waals surface area (Å²) in [4.78, 5) is 9.70. The van der Waals surface area contributed by atoms with Crippen molar-refractivity contribution in [3.63, 3.8) is 0 Å². The summed E-state index contributed by atoms with van der Waals surface area (Å²) in [5, 5.41) is 12.7. The lowest BCUT2D eigenvalue weighted by molar-refractivity contribution is 0.573. The first-order valence-corrected chi connectivity index (χ1v) is 8.61. The molecule has 0 aliphatic rings. The van der Waals surface area contributed by atoms with E-state index in [2.05, 4.69) is 37.4 Å². The molecule has 0 saturated heterocycles. The second-order valence-electron chi connectivity index (χ2n) is 4.53. The Balaban J connectivity index is 0.00000192. The van der Waals surface area contributed by atoms with Crippen LogP contribution in [0.1, 0.15) is 11.3 Å². The second-order valence-corrected chi connectivity index (χ2v) is 6.26. The standard InChI is InChI=1S/C15H16N4OS2.HI/c1-16-15(17-7-11-4-6-21-10-11)18-8-12-9-20-14(19-12)13-3-2-5-22-13;/h2-6,9-10H,7-8H2,1H3,(H2,16,17,18);1H. The highest BCUT2D eigenvalue weighted by Crippen LogP contribution is 2.23. The van der Waals surface area contributed by atoms with E-state index in [9.17, 15) is 0 Å². The van der Waals surface area contributed by atoms with E-state index in [0.29, 0.717) is 12.4 Å². The van der Waals surface area contributed by atoms with Crippen LogP contribution < -0.4 is 10.6 Å². The first-order valence-electron chi connectivity index (χ1n) is 6.79. The largest absolute Gasteiger partial charge is 0.443 e. The Morgan fingerprint density at radius 3 is 2.83 bits per heavy atom. The van der Waals surface area contributed by atoms with Gasteiger partial charge in [0, 0.05) is 13.6 Å². The van der Waals surface area contributed by atoms with Gasteiger partial charge in [-0.3, -0.25) is 4.99 Å². The van der Waals surface area contributed by atoms with Crippen LogP contribution in [0, 0.1) is 0 Å². The molecule has 0 bridgehead atoms. The topological polar surface area (TPSA) is 62.5 Å². The lowest BCUT2D eigenvalue weighted by Crippen LogP contribution is -2.36. The summed E-state index contributed by atoms with van der Waals surface area (Å²) in [5.41, 5.74) is 2.09. The maximum atomic E-state index is 5.49. The number of guanidine groups is 1. The molecule has 3 aromatic heterocycles. The Kier molecular flexibility index (Phi) is 7.06. The molecule has 23 heavy (non-hydrogen) atoms. The fraction of sp³-hybridized carbons (Fsp3) is 0.200. The van der Waals surface area contributed by atoms with Gasteiger partial charge in [0.15, 0.2) is 5.96 Å². The molecule has 0 radical (unpaired) electrons. The Morgan fingerprint density at radius 2 is 2.13 bits per heavy atom. The van der Waals surface area contributed by atoms with Crippen molar-refractivity contribution in [3.05, 3.63) is 51.9 Å². The molecular formula is C15H17IN4OS2. The maximum absolute atomic E-state index is 5.49. The van der Waals surface area contributed by atoms with Gasteiger partial charge in [-0.15, -0.1) is 35.3 Å². The van der Waals surface area contributed by atoms with Gasteiger partial charge in [-0.05, 0) is 33.8 Å². The molecule has 3 rings (SSSR count). The first-order chi connectivity index (χ1) is 10.8. The minimum Gasteiger partial charge on any atom is -0.443 e. The van der Waals surface area contributed by atoms with Crippen LogP contribution in [0.15, 0.2) is 50.0 Å². The van der Waals surface area contributed by atoms with Crippen molar-refractivity contribution in [3.8, 4) is 10.8 Å². The molecule has 0 saturated carbocycles. The SMILES string of the molecule is CN=C(NCc1ccsc1)NCc1coc(-c2cccs2)n1.I. The summed E-state index contributed by atoms with van der Waals surface area (Å²) in [7, 11) is 1.75. The number of aliphatic imine (C=N–C) groups is 1. The number of hydrogen-bond donors (Lipinski definition) is 2. The second kappa shape index (κ2) is 9.04. The van der Waals surface area contributed by atoms with E-state index in [0.717, 1.165) is 23.1 Å². The van der Waals surface area contributed by atoms with Gasteiger partial charge in [-0.2, -0.15) is 11.3 Å². The zero-order chi connectivity index (χ0) is 15.2. The summed E-state index contributed by atoms with van der Waals surface area (Å²) in [5.74, 6) is 1.40. The van der Waals surface area contributed by atoms with E-state index in [1.807, 2.05) is 17.5 Å². The van der Waals surface area contributed by atoms with E-state index in [-0.39, 0.29) is 24.0 Å². The molecule has 0 aliphatic carbocycles. The van der Waals surface area contributed by atoms with Crippen LogP contribution in [0.2, 0.25) is 0 Å². The van der Waals surface area contributed by atoms with Gasteiger partial charge >= 0.3 is 0 Å². The van der Waals surface area contributed by atoms with E-state index in [4.69, 9.17) is 4.42 Å². The lowest BCUT2D eigenvalue weighted by atomic mass is 10.3. The van der Waals surface area contributed by atoms with Crippen LogP contribution in [0.25, 0.3) is 10.8 Å². The molecule has 5 nitrogen and oxygen atoms in total. The third kappa shape index (κ3) is 5.05. The smallest absolute Gasteiger partial charge is 0.236 e. The van der Waals surface area contributed by atoms with Crippen LogP contribution in [0.5, 0.6) is 0 Å². The number of rotatable bonds is 5. The van der Waals surface area contributed by atoms with Crippen LogP contribution in [0.4, 0.5) is 0 Å². The molecule has 0 fully saturated rings. The summed E-state index contributed by atoms with van der Waals surface area (Å²) < 4.78 is 5.49. The molecule has 0 amide bonds. The molecule has 0 unspecified atom stereocenters. The molecule has 0 atom stereocenters. The van der Waals surface area contributed by atoms with Crippen molar-refractivity contribution < 1.29 is 4.42 Å². The summed E-state index contributed by atoms with van der Waals surface area (Å²) in [6, 6.07) is 6.07. The minimum absolute atomic E-state index is 0. The Hall–Kier alpha value is -1.39. The molecule has 0 aromatic carbocycles. The third-order valence-electron chi connectivity index (χ3n) is 2.98. The van der Waals surface area contributed by atoms with Gasteiger partial charge < -0.3 is 15.1 Å². The normalized spacial score (nSPS) is 11.1. The number of oxazole rings is 1. The quantitative estimate of drug-likeness (QED) is 0.344. The molecular weight excluding hydrogens is 443 g/mol. The number of halogens is 1. The van der Waals surface area contributed by atoms with Crippen molar-refractivity contribution in [1.29, 1.82) is 0 Å². The minimum atomic E-state index is 0. The predicted molar refractivity (Wildman–Crippen MR) is 107 cm³/mol. The number of thiophene rings is 2. The highest BCUT2D eigenvalue weighted by molar-refractivity contribution is 14.0. The van der Waals surface area contributed by atoms with Gasteiger partial charge in [0.1, 0.15) is 6.26 Å². The monoisotopic (exact) mass is 460 g/mol. The Bertz CT molecular complexity index is 723. The molecule has 3 heterocycles. The molecule has 3 aromatic rings. The Labute approximate surface area is 159 Å². The highest BCUT2D eigenvalue weighted by atomic mass is 127. The van der Waals surface area contributed by atoms with Gasteiger partial charge in [-0.25, -0.2) is 4.98 Å². The Morgan fingerprint density at radius 1 is 1.26 bits per heavy atom. The first kappa shape index (κ1) is 18.0. The van der Waals surface area contributed by atoms with E-state index >= 15 is 0 Å². The van der Waals surface area contributed by atoms with E-state index in [1.54, 1.807) is 36.0 Å². The van der Waals surface area contributed by atoms with E-state index in [1.165, 1.54) is 5.56 Å². The van der Waals surface area contributed by atoms with Crippen molar-refractivity contribution >= 4 is 52.6 Å². The molecule has 2 N–H and O–H groups in total. The van der Waals surface area contributed by atoms with Crippen molar-refractivity contribution in [1.82, 2.24) is 15.6 Å². The summed E-state index contributed by atoms with van der Waals surface area (Å²) in [6.07, 6.45) is 1.67. The average Bonchev–Trinajstić information content (AvgIpc) is 3.29. The fourth-order valence-electron chi connectivity index (χ4n) is 1.88. The molecule has 122 valence electrons. The van der Waals surface area contributed by atoms with Gasteiger partial charge in [0.25, 0.3) is 0 Å². The van der Waals surface area contributed by atoms with Gasteiger partial charge in [-0.1, -0.05) is 6.07 Å². The van der Waals surface area contributed by atoms with E-state index < -0.39 is 0 Å². The van der Waals surface area contributed by atoms with Crippen LogP contribution in [-0.2, 0) is 13.1 Å². The van der Waals surface area contributed by atoms with Gasteiger partial charge in [0.2, 0.25) is 5.89 Å². The van der Waals surface area contributed by atoms with Crippen LogP contribution in [-0.4, -0.2) is 18.0 Å². The maximum Gasteiger partial charge on any atom is 0.236 e. The van der Waals surface area contributed by atoms with Crippen LogP contribution in [0.3, 0.4) is 0 Å². The zero-order valence-corrected chi connectivity index (χ0v) is 16.4. The number of nitrogens with one attached hydrogen (secondary N) is 2. The number of nitrogens with zero attached hydrogens (tertiary/aromatic N) is 2. The zero-order valence-electron chi connectivity index (χ0n) is 12.5. The molecule has 0 spiro atoms. The molecule has 8 heteroatoms. The number of hydrogen-bond acceptors (Lipinski definition) is 5. The number of aromatic nitrogens is 1. The fourth-order valence-corrected chi connectivity index (χ4v) is 3.20. The van der Waals surface area contributed by atoms with Gasteiger partial charge in [0.05, 0.1) is 17.1 Å². The highest BCUT2D eigenvalue weighted by Gasteiger charge is 2.08. The van der Waals surface area contributed by atoms with Crippen molar-refractivity contribution in [2.75, 3.05) is 7.05 Å².